The molecule has 0 fully saturated rings. The summed E-state index contributed by atoms with van der Waals surface area (Å²) in [6.45, 7) is 0. The lowest BCUT2D eigenvalue weighted by Crippen LogP contribution is -2.00. The zero-order chi connectivity index (χ0) is 15.6. The van der Waals surface area contributed by atoms with E-state index in [0.717, 1.165) is 6.07 Å². The van der Waals surface area contributed by atoms with Crippen molar-refractivity contribution in [1.29, 1.82) is 5.26 Å². The van der Waals surface area contributed by atoms with Crippen LogP contribution < -0.4 is 4.74 Å². The van der Waals surface area contributed by atoms with Crippen LogP contribution in [-0.4, -0.2) is 19.9 Å². The van der Waals surface area contributed by atoms with Gasteiger partial charge in [-0.2, -0.15) is 20.2 Å². The van der Waals surface area contributed by atoms with E-state index in [9.17, 15) is 10.1 Å². The average molecular weight is 438 g/mol. The highest BCUT2D eigenvalue weighted by Gasteiger charge is 2.22. The van der Waals surface area contributed by atoms with Crippen LogP contribution >= 0.6 is 45.8 Å². The first kappa shape index (κ1) is 15.6. The van der Waals surface area contributed by atoms with Gasteiger partial charge in [-0.3, -0.25) is 10.1 Å². The molecule has 0 unspecified atom stereocenters. The Hall–Kier alpha value is -1.77. The van der Waals surface area contributed by atoms with Crippen molar-refractivity contribution in [2.75, 3.05) is 0 Å². The molecule has 106 valence electrons. The topological polar surface area (TPSA) is 115 Å². The quantitative estimate of drug-likeness (QED) is 0.410. The number of halogens is 3. The van der Waals surface area contributed by atoms with Gasteiger partial charge in [0.1, 0.15) is 0 Å². The number of aromatic nitrogens is 3. The van der Waals surface area contributed by atoms with Crippen LogP contribution in [0.1, 0.15) is 5.56 Å². The standard InChI is InChI=1S/C10H2Cl2IN5O3/c11-8-15-9(12)17-10(16-8)21-7-5(13)1-4(3-14)2-6(7)18(19)20/h1-2H. The molecule has 0 saturated heterocycles. The van der Waals surface area contributed by atoms with Crippen LogP contribution in [0.2, 0.25) is 10.6 Å². The first-order valence-corrected chi connectivity index (χ1v) is 6.87. The normalized spacial score (nSPS) is 10.0. The van der Waals surface area contributed by atoms with Gasteiger partial charge in [-0.1, -0.05) is 0 Å². The minimum absolute atomic E-state index is 0.113. The van der Waals surface area contributed by atoms with Gasteiger partial charge in [-0.15, -0.1) is 0 Å². The summed E-state index contributed by atoms with van der Waals surface area (Å²) >= 11 is 13.0. The minimum atomic E-state index is -0.678. The second-order valence-electron chi connectivity index (χ2n) is 3.43. The van der Waals surface area contributed by atoms with Gasteiger partial charge in [0.25, 0.3) is 0 Å². The van der Waals surface area contributed by atoms with Gasteiger partial charge in [0.15, 0.2) is 0 Å². The molecule has 0 aliphatic rings. The van der Waals surface area contributed by atoms with Crippen LogP contribution in [0.15, 0.2) is 12.1 Å². The molecule has 0 N–H and O–H groups in total. The Morgan fingerprint density at radius 2 is 1.90 bits per heavy atom. The predicted octanol–water partition coefficient (Wildman–Crippen LogP) is 3.36. The maximum Gasteiger partial charge on any atom is 0.327 e. The number of nitro benzene ring substituents is 1. The lowest BCUT2D eigenvalue weighted by Gasteiger charge is -2.07. The molecule has 0 aliphatic heterocycles. The number of ether oxygens (including phenoxy) is 1. The molecule has 0 radical (unpaired) electrons. The summed E-state index contributed by atoms with van der Waals surface area (Å²) in [5, 5.41) is 19.5. The molecular weight excluding hydrogens is 436 g/mol. The lowest BCUT2D eigenvalue weighted by molar-refractivity contribution is -0.385. The third kappa shape index (κ3) is 3.66. The fraction of sp³-hybridized carbons (Fsp3) is 0. The maximum absolute atomic E-state index is 11.1. The van der Waals surface area contributed by atoms with E-state index in [4.69, 9.17) is 33.2 Å². The third-order valence-corrected chi connectivity index (χ3v) is 3.24. The van der Waals surface area contributed by atoms with Gasteiger partial charge < -0.3 is 4.74 Å². The predicted molar refractivity (Wildman–Crippen MR) is 80.4 cm³/mol. The average Bonchev–Trinajstić information content (AvgIpc) is 2.39. The first-order chi connectivity index (χ1) is 9.90. The van der Waals surface area contributed by atoms with Crippen molar-refractivity contribution >= 4 is 51.5 Å². The van der Waals surface area contributed by atoms with Crippen molar-refractivity contribution in [3.8, 4) is 17.8 Å². The number of benzene rings is 1. The fourth-order valence-electron chi connectivity index (χ4n) is 1.33. The van der Waals surface area contributed by atoms with Gasteiger partial charge in [-0.05, 0) is 51.9 Å². The van der Waals surface area contributed by atoms with E-state index < -0.39 is 10.6 Å². The Morgan fingerprint density at radius 3 is 2.43 bits per heavy atom. The molecule has 0 aliphatic carbocycles. The molecule has 0 amide bonds. The van der Waals surface area contributed by atoms with Crippen LogP contribution in [0.25, 0.3) is 0 Å². The molecule has 0 bridgehead atoms. The van der Waals surface area contributed by atoms with E-state index in [2.05, 4.69) is 15.0 Å². The molecule has 21 heavy (non-hydrogen) atoms. The van der Waals surface area contributed by atoms with E-state index in [1.807, 2.05) is 6.07 Å². The third-order valence-electron chi connectivity index (χ3n) is 2.10. The number of nitro groups is 1. The zero-order valence-corrected chi connectivity index (χ0v) is 13.4. The van der Waals surface area contributed by atoms with Crippen LogP contribution in [0.4, 0.5) is 5.69 Å². The largest absolute Gasteiger partial charge is 0.416 e. The van der Waals surface area contributed by atoms with Gasteiger partial charge in [0.2, 0.25) is 16.3 Å². The Morgan fingerprint density at radius 1 is 1.29 bits per heavy atom. The number of hydrogen-bond acceptors (Lipinski definition) is 7. The van der Waals surface area contributed by atoms with Gasteiger partial charge in [-0.25, -0.2) is 0 Å². The van der Waals surface area contributed by atoms with E-state index in [0.29, 0.717) is 3.57 Å². The van der Waals surface area contributed by atoms with Crippen molar-refractivity contribution in [3.05, 3.63) is 41.9 Å². The highest BCUT2D eigenvalue weighted by Crippen LogP contribution is 2.36. The SMILES string of the molecule is N#Cc1cc(I)c(Oc2nc(Cl)nc(Cl)n2)c([N+](=O)[O-])c1. The molecule has 0 saturated carbocycles. The molecule has 0 spiro atoms. The Labute approximate surface area is 141 Å². The van der Waals surface area contributed by atoms with Crippen LogP contribution in [-0.2, 0) is 0 Å². The van der Waals surface area contributed by atoms with E-state index in [-0.39, 0.29) is 27.9 Å². The van der Waals surface area contributed by atoms with Crippen LogP contribution in [0.3, 0.4) is 0 Å². The monoisotopic (exact) mass is 437 g/mol. The van der Waals surface area contributed by atoms with Crippen molar-refractivity contribution in [1.82, 2.24) is 15.0 Å². The number of hydrogen-bond donors (Lipinski definition) is 0. The molecule has 2 rings (SSSR count). The van der Waals surface area contributed by atoms with Gasteiger partial charge in [0.05, 0.1) is 20.1 Å². The van der Waals surface area contributed by atoms with Crippen molar-refractivity contribution in [2.24, 2.45) is 0 Å². The van der Waals surface area contributed by atoms with Crippen molar-refractivity contribution in [2.45, 2.75) is 0 Å². The lowest BCUT2D eigenvalue weighted by atomic mass is 10.2. The zero-order valence-electron chi connectivity index (χ0n) is 9.75. The van der Waals surface area contributed by atoms with E-state index in [1.165, 1.54) is 6.07 Å². The fourth-order valence-corrected chi connectivity index (χ4v) is 2.40. The number of rotatable bonds is 3. The van der Waals surface area contributed by atoms with Crippen molar-refractivity contribution in [3.63, 3.8) is 0 Å². The smallest absolute Gasteiger partial charge is 0.327 e. The van der Waals surface area contributed by atoms with Crippen molar-refractivity contribution < 1.29 is 9.66 Å². The molecule has 1 heterocycles. The molecule has 11 heteroatoms. The number of nitriles is 1. The summed E-state index contributed by atoms with van der Waals surface area (Å²) in [7, 11) is 0. The Balaban J connectivity index is 2.53. The Bertz CT molecular complexity index is 760. The first-order valence-electron chi connectivity index (χ1n) is 5.03. The van der Waals surface area contributed by atoms with Gasteiger partial charge >= 0.3 is 11.7 Å². The maximum atomic E-state index is 11.1. The summed E-state index contributed by atoms with van der Waals surface area (Å²) in [5.74, 6) is -0.113. The highest BCUT2D eigenvalue weighted by molar-refractivity contribution is 14.1. The molecule has 1 aromatic heterocycles. The second kappa shape index (κ2) is 6.33. The van der Waals surface area contributed by atoms with Gasteiger partial charge in [0, 0.05) is 6.07 Å². The summed E-state index contributed by atoms with van der Waals surface area (Å²) < 4.78 is 5.61. The molecular formula is C10H2Cl2IN5O3. The van der Waals surface area contributed by atoms with E-state index >= 15 is 0 Å². The molecule has 2 aromatic rings. The molecule has 0 atom stereocenters. The highest BCUT2D eigenvalue weighted by atomic mass is 127. The number of nitrogens with zero attached hydrogens (tertiary/aromatic N) is 5. The summed E-state index contributed by atoms with van der Waals surface area (Å²) in [6, 6.07) is 4.05. The molecule has 1 aromatic carbocycles. The van der Waals surface area contributed by atoms with E-state index in [1.54, 1.807) is 22.6 Å². The second-order valence-corrected chi connectivity index (χ2v) is 5.27. The summed E-state index contributed by atoms with van der Waals surface area (Å²) in [5.41, 5.74) is -0.267. The minimum Gasteiger partial charge on any atom is -0.416 e. The Kier molecular flexibility index (Phi) is 4.71. The molecule has 8 nitrogen and oxygen atoms in total. The van der Waals surface area contributed by atoms with Crippen LogP contribution in [0, 0.1) is 25.0 Å². The summed E-state index contributed by atoms with van der Waals surface area (Å²) in [6.07, 6.45) is 0. The summed E-state index contributed by atoms with van der Waals surface area (Å²) in [4.78, 5) is 21.2. The van der Waals surface area contributed by atoms with Crippen LogP contribution in [0.5, 0.6) is 11.8 Å².